The zero-order chi connectivity index (χ0) is 10.3. The highest BCUT2D eigenvalue weighted by Gasteiger charge is 2.42. The molecule has 2 unspecified atom stereocenters. The Morgan fingerprint density at radius 3 is 2.79 bits per heavy atom. The van der Waals surface area contributed by atoms with Crippen LogP contribution in [-0.2, 0) is 4.79 Å². The minimum atomic E-state index is 0.325. The van der Waals surface area contributed by atoms with Crippen molar-refractivity contribution in [2.24, 2.45) is 17.3 Å². The lowest BCUT2D eigenvalue weighted by Gasteiger charge is -2.47. The highest BCUT2D eigenvalue weighted by molar-refractivity contribution is 5.91. The van der Waals surface area contributed by atoms with E-state index in [-0.39, 0.29) is 0 Å². The lowest BCUT2D eigenvalue weighted by Crippen LogP contribution is -2.38. The molecule has 0 radical (unpaired) electrons. The molecule has 0 aromatic heterocycles. The Balaban J connectivity index is 2.34. The molecule has 2 aliphatic carbocycles. The maximum atomic E-state index is 11.4. The quantitative estimate of drug-likeness (QED) is 0.575. The third-order valence-electron chi connectivity index (χ3n) is 4.69. The molecule has 0 aromatic carbocycles. The van der Waals surface area contributed by atoms with Gasteiger partial charge in [0.2, 0.25) is 0 Å². The third-order valence-corrected chi connectivity index (χ3v) is 4.69. The normalized spacial score (nSPS) is 43.1. The predicted octanol–water partition coefficient (Wildman–Crippen LogP) is 3.35. The molecule has 1 nitrogen and oxygen atoms in total. The molecule has 2 rings (SSSR count). The van der Waals surface area contributed by atoms with Crippen LogP contribution in [0.2, 0.25) is 0 Å². The van der Waals surface area contributed by atoms with Gasteiger partial charge in [0.05, 0.1) is 0 Å². The number of carbonyl (C=O) groups is 1. The Kier molecular flexibility index (Phi) is 2.29. The fourth-order valence-corrected chi connectivity index (χ4v) is 3.11. The lowest BCUT2D eigenvalue weighted by atomic mass is 9.57. The molecule has 2 aliphatic rings. The first-order chi connectivity index (χ1) is 6.54. The van der Waals surface area contributed by atoms with Crippen LogP contribution in [0.3, 0.4) is 0 Å². The molecule has 0 N–H and O–H groups in total. The van der Waals surface area contributed by atoms with Gasteiger partial charge in [-0.1, -0.05) is 26.3 Å². The Morgan fingerprint density at radius 1 is 1.36 bits per heavy atom. The van der Waals surface area contributed by atoms with E-state index in [1.54, 1.807) is 0 Å². The van der Waals surface area contributed by atoms with Crippen LogP contribution in [0, 0.1) is 17.3 Å². The van der Waals surface area contributed by atoms with Crippen molar-refractivity contribution in [2.75, 3.05) is 0 Å². The molecule has 0 spiro atoms. The Labute approximate surface area is 86.6 Å². The molecular weight excluding hydrogens is 172 g/mol. The van der Waals surface area contributed by atoms with Crippen LogP contribution in [0.1, 0.15) is 46.5 Å². The number of fused-ring (bicyclic) bond motifs is 1. The summed E-state index contributed by atoms with van der Waals surface area (Å²) in [5, 5.41) is 0. The fourth-order valence-electron chi connectivity index (χ4n) is 3.11. The van der Waals surface area contributed by atoms with Gasteiger partial charge in [-0.15, -0.1) is 0 Å². The van der Waals surface area contributed by atoms with Crippen LogP contribution in [0.5, 0.6) is 0 Å². The van der Waals surface area contributed by atoms with Crippen LogP contribution >= 0.6 is 0 Å². The Hall–Kier alpha value is -0.590. The second-order valence-electron chi connectivity index (χ2n) is 5.36. The summed E-state index contributed by atoms with van der Waals surface area (Å²) in [6, 6.07) is 0. The van der Waals surface area contributed by atoms with Gasteiger partial charge in [0.15, 0.2) is 5.78 Å². The minimum Gasteiger partial charge on any atom is -0.295 e. The van der Waals surface area contributed by atoms with E-state index < -0.39 is 0 Å². The van der Waals surface area contributed by atoms with Crippen molar-refractivity contribution in [2.45, 2.75) is 46.5 Å². The van der Waals surface area contributed by atoms with Gasteiger partial charge in [-0.2, -0.15) is 0 Å². The first kappa shape index (κ1) is 9.95. The van der Waals surface area contributed by atoms with E-state index in [0.717, 1.165) is 31.1 Å². The van der Waals surface area contributed by atoms with E-state index in [2.05, 4.69) is 20.8 Å². The molecule has 14 heavy (non-hydrogen) atoms. The smallest absolute Gasteiger partial charge is 0.155 e. The van der Waals surface area contributed by atoms with Gasteiger partial charge in [0.1, 0.15) is 0 Å². The van der Waals surface area contributed by atoms with Crippen LogP contribution < -0.4 is 0 Å². The maximum Gasteiger partial charge on any atom is 0.155 e. The van der Waals surface area contributed by atoms with Crippen molar-refractivity contribution in [1.29, 1.82) is 0 Å². The van der Waals surface area contributed by atoms with Gasteiger partial charge < -0.3 is 0 Å². The van der Waals surface area contributed by atoms with E-state index in [1.807, 2.05) is 6.08 Å². The first-order valence-electron chi connectivity index (χ1n) is 5.78. The maximum absolute atomic E-state index is 11.4. The van der Waals surface area contributed by atoms with E-state index in [4.69, 9.17) is 0 Å². The van der Waals surface area contributed by atoms with Crippen molar-refractivity contribution in [3.8, 4) is 0 Å². The molecule has 0 heterocycles. The molecular formula is C13H20O. The molecule has 1 saturated carbocycles. The van der Waals surface area contributed by atoms with Gasteiger partial charge >= 0.3 is 0 Å². The molecule has 0 saturated heterocycles. The van der Waals surface area contributed by atoms with Crippen molar-refractivity contribution in [3.63, 3.8) is 0 Å². The SMILES string of the molecule is CC1CCC2=CC(=O)CC[C@]2(C)C1C. The van der Waals surface area contributed by atoms with Crippen molar-refractivity contribution in [1.82, 2.24) is 0 Å². The van der Waals surface area contributed by atoms with Crippen molar-refractivity contribution in [3.05, 3.63) is 11.6 Å². The van der Waals surface area contributed by atoms with Crippen LogP contribution in [-0.4, -0.2) is 5.78 Å². The second kappa shape index (κ2) is 3.22. The first-order valence-corrected chi connectivity index (χ1v) is 5.78. The highest BCUT2D eigenvalue weighted by atomic mass is 16.1. The molecule has 78 valence electrons. The summed E-state index contributed by atoms with van der Waals surface area (Å²) in [5.41, 5.74) is 1.75. The summed E-state index contributed by atoms with van der Waals surface area (Å²) in [4.78, 5) is 11.4. The van der Waals surface area contributed by atoms with E-state index in [9.17, 15) is 4.79 Å². The Bertz CT molecular complexity index is 290. The molecule has 0 bridgehead atoms. The van der Waals surface area contributed by atoms with E-state index >= 15 is 0 Å². The Morgan fingerprint density at radius 2 is 2.07 bits per heavy atom. The number of allylic oxidation sites excluding steroid dienone is 2. The molecule has 0 aromatic rings. The minimum absolute atomic E-state index is 0.325. The second-order valence-corrected chi connectivity index (χ2v) is 5.36. The topological polar surface area (TPSA) is 17.1 Å². The number of rotatable bonds is 0. The van der Waals surface area contributed by atoms with Gasteiger partial charge in [0.25, 0.3) is 0 Å². The molecule has 0 aliphatic heterocycles. The molecule has 3 atom stereocenters. The fraction of sp³-hybridized carbons (Fsp3) is 0.769. The van der Waals surface area contributed by atoms with Crippen LogP contribution in [0.25, 0.3) is 0 Å². The molecule has 1 fully saturated rings. The van der Waals surface area contributed by atoms with Crippen LogP contribution in [0.4, 0.5) is 0 Å². The summed E-state index contributed by atoms with van der Waals surface area (Å²) in [6.07, 6.45) is 6.18. The average Bonchev–Trinajstić information content (AvgIpc) is 2.16. The zero-order valence-electron chi connectivity index (χ0n) is 9.47. The van der Waals surface area contributed by atoms with E-state index in [0.29, 0.717) is 11.2 Å². The van der Waals surface area contributed by atoms with Gasteiger partial charge in [-0.05, 0) is 42.6 Å². The summed E-state index contributed by atoms with van der Waals surface area (Å²) in [5.74, 6) is 1.89. The number of hydrogen-bond acceptors (Lipinski definition) is 1. The van der Waals surface area contributed by atoms with Crippen molar-refractivity contribution >= 4 is 5.78 Å². The third kappa shape index (κ3) is 1.34. The number of hydrogen-bond donors (Lipinski definition) is 0. The molecule has 0 amide bonds. The summed E-state index contributed by atoms with van der Waals surface area (Å²) >= 11 is 0. The van der Waals surface area contributed by atoms with Gasteiger partial charge in [-0.25, -0.2) is 0 Å². The monoisotopic (exact) mass is 192 g/mol. The highest BCUT2D eigenvalue weighted by Crippen LogP contribution is 2.51. The predicted molar refractivity (Wildman–Crippen MR) is 58.0 cm³/mol. The number of ketones is 1. The summed E-state index contributed by atoms with van der Waals surface area (Å²) in [7, 11) is 0. The summed E-state index contributed by atoms with van der Waals surface area (Å²) < 4.78 is 0. The standard InChI is InChI=1S/C13H20O/c1-9-4-5-11-8-12(14)6-7-13(11,3)10(9)2/h8-10H,4-7H2,1-3H3/t9?,10?,13-/m1/s1. The van der Waals surface area contributed by atoms with Crippen molar-refractivity contribution < 1.29 is 4.79 Å². The zero-order valence-corrected chi connectivity index (χ0v) is 9.47. The van der Waals surface area contributed by atoms with E-state index in [1.165, 1.54) is 12.0 Å². The lowest BCUT2D eigenvalue weighted by molar-refractivity contribution is -0.116. The van der Waals surface area contributed by atoms with Crippen LogP contribution in [0.15, 0.2) is 11.6 Å². The average molecular weight is 192 g/mol. The van der Waals surface area contributed by atoms with Gasteiger partial charge in [-0.3, -0.25) is 4.79 Å². The largest absolute Gasteiger partial charge is 0.295 e. The number of carbonyl (C=O) groups excluding carboxylic acids is 1. The molecule has 1 heteroatoms. The summed E-state index contributed by atoms with van der Waals surface area (Å²) in [6.45, 7) is 7.06. The van der Waals surface area contributed by atoms with Gasteiger partial charge in [0, 0.05) is 6.42 Å².